The molecule has 2 fully saturated rings. The number of halogens is 1. The van der Waals surface area contributed by atoms with Gasteiger partial charge >= 0.3 is 6.09 Å². The number of aryl methyl sites for hydroxylation is 1. The third-order valence-electron chi connectivity index (χ3n) is 8.28. The van der Waals surface area contributed by atoms with Gasteiger partial charge in [-0.25, -0.2) is 9.18 Å². The van der Waals surface area contributed by atoms with E-state index in [1.807, 2.05) is 35.2 Å². The summed E-state index contributed by atoms with van der Waals surface area (Å²) < 4.78 is 19.4. The number of fused-ring (bicyclic) bond motifs is 5. The second kappa shape index (κ2) is 9.53. The molecule has 0 radical (unpaired) electrons. The van der Waals surface area contributed by atoms with Gasteiger partial charge < -0.3 is 9.64 Å². The fraction of sp³-hybridized carbons (Fsp3) is 0.355. The van der Waals surface area contributed by atoms with Gasteiger partial charge in [-0.15, -0.1) is 0 Å². The summed E-state index contributed by atoms with van der Waals surface area (Å²) in [6, 6.07) is 23.3. The van der Waals surface area contributed by atoms with Crippen LogP contribution in [0.3, 0.4) is 0 Å². The van der Waals surface area contributed by atoms with E-state index in [1.54, 1.807) is 6.07 Å². The summed E-state index contributed by atoms with van der Waals surface area (Å²) in [4.78, 5) is 28.1. The SMILES string of the molecule is O=C(CCc1cccc(F)c1)C1CC2CCC(C1)N2C(=O)OCC1c2ccccc2-c2ccccc21. The van der Waals surface area contributed by atoms with Crippen molar-refractivity contribution >= 4 is 11.9 Å². The van der Waals surface area contributed by atoms with Gasteiger partial charge in [0, 0.05) is 30.3 Å². The van der Waals surface area contributed by atoms with E-state index >= 15 is 0 Å². The molecule has 0 spiro atoms. The minimum Gasteiger partial charge on any atom is -0.448 e. The monoisotopic (exact) mass is 483 g/mol. The number of carbonyl (C=O) groups excluding carboxylic acids is 2. The molecule has 2 heterocycles. The number of hydrogen-bond acceptors (Lipinski definition) is 3. The van der Waals surface area contributed by atoms with Gasteiger partial charge in [-0.3, -0.25) is 4.79 Å². The molecule has 3 aliphatic rings. The highest BCUT2D eigenvalue weighted by Gasteiger charge is 2.46. The van der Waals surface area contributed by atoms with Crippen molar-refractivity contribution in [3.8, 4) is 11.1 Å². The normalized spacial score (nSPS) is 22.2. The van der Waals surface area contributed by atoms with Crippen LogP contribution in [-0.4, -0.2) is 35.5 Å². The third-order valence-corrected chi connectivity index (χ3v) is 8.28. The van der Waals surface area contributed by atoms with Gasteiger partial charge in [-0.05, 0) is 72.1 Å². The van der Waals surface area contributed by atoms with Gasteiger partial charge in [0.1, 0.15) is 18.2 Å². The van der Waals surface area contributed by atoms with E-state index < -0.39 is 0 Å². The van der Waals surface area contributed by atoms with Crippen molar-refractivity contribution in [2.24, 2.45) is 5.92 Å². The van der Waals surface area contributed by atoms with Crippen LogP contribution >= 0.6 is 0 Å². The first-order valence-corrected chi connectivity index (χ1v) is 13.0. The van der Waals surface area contributed by atoms with Crippen LogP contribution in [0, 0.1) is 11.7 Å². The fourth-order valence-corrected chi connectivity index (χ4v) is 6.57. The van der Waals surface area contributed by atoms with E-state index in [0.717, 1.165) is 18.4 Å². The van der Waals surface area contributed by atoms with Crippen LogP contribution in [-0.2, 0) is 16.0 Å². The number of piperidine rings is 1. The molecule has 2 saturated heterocycles. The first-order valence-electron chi connectivity index (χ1n) is 13.0. The molecule has 1 amide bonds. The number of amides is 1. The molecule has 2 bridgehead atoms. The Morgan fingerprint density at radius 2 is 1.50 bits per heavy atom. The second-order valence-electron chi connectivity index (χ2n) is 10.4. The Bertz CT molecular complexity index is 1240. The quantitative estimate of drug-likeness (QED) is 0.401. The summed E-state index contributed by atoms with van der Waals surface area (Å²) in [5.41, 5.74) is 5.69. The Balaban J connectivity index is 1.08. The lowest BCUT2D eigenvalue weighted by Crippen LogP contribution is -2.48. The van der Waals surface area contributed by atoms with Gasteiger partial charge in [0.15, 0.2) is 0 Å². The van der Waals surface area contributed by atoms with E-state index in [9.17, 15) is 14.0 Å². The largest absolute Gasteiger partial charge is 0.448 e. The topological polar surface area (TPSA) is 46.6 Å². The van der Waals surface area contributed by atoms with Crippen LogP contribution in [0.15, 0.2) is 72.8 Å². The number of Topliss-reactive ketones (excluding diaryl/α,β-unsaturated/α-hetero) is 1. The zero-order valence-corrected chi connectivity index (χ0v) is 20.2. The maximum absolute atomic E-state index is 13.4. The Labute approximate surface area is 211 Å². The van der Waals surface area contributed by atoms with Crippen LogP contribution in [0.1, 0.15) is 54.7 Å². The summed E-state index contributed by atoms with van der Waals surface area (Å²) in [5.74, 6) is -0.0348. The van der Waals surface area contributed by atoms with Crippen LogP contribution in [0.5, 0.6) is 0 Å². The van der Waals surface area contributed by atoms with E-state index in [0.29, 0.717) is 32.3 Å². The molecule has 2 atom stereocenters. The number of benzene rings is 3. The molecular weight excluding hydrogens is 453 g/mol. The molecule has 36 heavy (non-hydrogen) atoms. The molecule has 3 aromatic carbocycles. The lowest BCUT2D eigenvalue weighted by molar-refractivity contribution is -0.125. The van der Waals surface area contributed by atoms with Crippen molar-refractivity contribution in [3.05, 3.63) is 95.3 Å². The molecule has 3 aromatic rings. The highest BCUT2D eigenvalue weighted by atomic mass is 19.1. The summed E-state index contributed by atoms with van der Waals surface area (Å²) in [6.45, 7) is 0.318. The maximum atomic E-state index is 13.4. The predicted octanol–water partition coefficient (Wildman–Crippen LogP) is 6.52. The van der Waals surface area contributed by atoms with Crippen LogP contribution in [0.2, 0.25) is 0 Å². The van der Waals surface area contributed by atoms with E-state index in [-0.39, 0.29) is 41.6 Å². The molecule has 0 aromatic heterocycles. The van der Waals surface area contributed by atoms with Crippen molar-refractivity contribution < 1.29 is 18.7 Å². The highest BCUT2D eigenvalue weighted by molar-refractivity contribution is 5.82. The molecule has 0 N–H and O–H groups in total. The summed E-state index contributed by atoms with van der Waals surface area (Å²) in [7, 11) is 0. The van der Waals surface area contributed by atoms with E-state index in [4.69, 9.17) is 4.74 Å². The molecule has 184 valence electrons. The lowest BCUT2D eigenvalue weighted by atomic mass is 9.85. The summed E-state index contributed by atoms with van der Waals surface area (Å²) in [6.07, 6.45) is 3.95. The first kappa shape index (κ1) is 23.0. The van der Waals surface area contributed by atoms with Gasteiger partial charge in [0.2, 0.25) is 0 Å². The minimum absolute atomic E-state index is 0.0336. The van der Waals surface area contributed by atoms with Crippen LogP contribution in [0.25, 0.3) is 11.1 Å². The number of ketones is 1. The van der Waals surface area contributed by atoms with Crippen LogP contribution in [0.4, 0.5) is 9.18 Å². The average molecular weight is 484 g/mol. The molecule has 2 unspecified atom stereocenters. The van der Waals surface area contributed by atoms with Gasteiger partial charge in [-0.2, -0.15) is 0 Å². The Kier molecular flexibility index (Phi) is 6.08. The zero-order valence-electron chi connectivity index (χ0n) is 20.2. The van der Waals surface area contributed by atoms with Gasteiger partial charge in [0.25, 0.3) is 0 Å². The molecule has 5 heteroatoms. The van der Waals surface area contributed by atoms with Crippen molar-refractivity contribution in [1.29, 1.82) is 0 Å². The zero-order chi connectivity index (χ0) is 24.6. The number of rotatable bonds is 6. The van der Waals surface area contributed by atoms with E-state index in [2.05, 4.69) is 24.3 Å². The van der Waals surface area contributed by atoms with Crippen molar-refractivity contribution in [2.45, 2.75) is 56.5 Å². The Morgan fingerprint density at radius 1 is 0.861 bits per heavy atom. The number of ether oxygens (including phenoxy) is 1. The first-order chi connectivity index (χ1) is 17.6. The van der Waals surface area contributed by atoms with Crippen LogP contribution < -0.4 is 0 Å². The standard InChI is InChI=1S/C31H30FNO3/c32-22-7-5-6-20(16-22)12-15-30(34)21-17-23-13-14-24(18-21)33(23)31(35)36-19-29-27-10-3-1-8-25(27)26-9-2-4-11-28(26)29/h1-11,16,21,23-24,29H,12-15,17-19H2. The molecule has 6 rings (SSSR count). The van der Waals surface area contributed by atoms with Gasteiger partial charge in [-0.1, -0.05) is 60.7 Å². The summed E-state index contributed by atoms with van der Waals surface area (Å²) in [5, 5.41) is 0. The van der Waals surface area contributed by atoms with E-state index in [1.165, 1.54) is 34.4 Å². The maximum Gasteiger partial charge on any atom is 0.410 e. The molecular formula is C31H30FNO3. The fourth-order valence-electron chi connectivity index (χ4n) is 6.57. The molecule has 2 aliphatic heterocycles. The minimum atomic E-state index is -0.269. The Hall–Kier alpha value is -3.47. The highest BCUT2D eigenvalue weighted by Crippen LogP contribution is 2.45. The number of carbonyl (C=O) groups is 2. The van der Waals surface area contributed by atoms with Crippen molar-refractivity contribution in [3.63, 3.8) is 0 Å². The molecule has 4 nitrogen and oxygen atoms in total. The second-order valence-corrected chi connectivity index (χ2v) is 10.4. The van der Waals surface area contributed by atoms with Crippen molar-refractivity contribution in [2.75, 3.05) is 6.61 Å². The lowest BCUT2D eigenvalue weighted by Gasteiger charge is -2.37. The number of hydrogen-bond donors (Lipinski definition) is 0. The average Bonchev–Trinajstić information content (AvgIpc) is 3.36. The summed E-state index contributed by atoms with van der Waals surface area (Å²) >= 11 is 0. The third kappa shape index (κ3) is 4.21. The molecule has 0 saturated carbocycles. The molecule has 1 aliphatic carbocycles. The predicted molar refractivity (Wildman–Crippen MR) is 136 cm³/mol. The smallest absolute Gasteiger partial charge is 0.410 e. The Morgan fingerprint density at radius 3 is 2.14 bits per heavy atom. The van der Waals surface area contributed by atoms with Gasteiger partial charge in [0.05, 0.1) is 0 Å². The van der Waals surface area contributed by atoms with Crippen molar-refractivity contribution in [1.82, 2.24) is 4.90 Å². The number of nitrogens with zero attached hydrogens (tertiary/aromatic N) is 1.